The molecule has 2 aromatic rings. The Balaban J connectivity index is 2.36. The van der Waals surface area contributed by atoms with Crippen molar-refractivity contribution in [2.45, 2.75) is 19.9 Å². The molecule has 1 unspecified atom stereocenters. The van der Waals surface area contributed by atoms with Crippen LogP contribution in [-0.2, 0) is 0 Å². The van der Waals surface area contributed by atoms with Crippen LogP contribution in [0, 0.1) is 16.0 Å². The van der Waals surface area contributed by atoms with Crippen molar-refractivity contribution in [2.75, 3.05) is 5.32 Å². The van der Waals surface area contributed by atoms with Gasteiger partial charge in [0, 0.05) is 4.88 Å². The van der Waals surface area contributed by atoms with Gasteiger partial charge in [0.2, 0.25) is 11.1 Å². The fourth-order valence-corrected chi connectivity index (χ4v) is 2.86. The number of hydrogen-bond donors (Lipinski definition) is 1. The van der Waals surface area contributed by atoms with E-state index in [1.54, 1.807) is 11.3 Å². The van der Waals surface area contributed by atoms with Crippen molar-refractivity contribution in [1.29, 1.82) is 0 Å². The molecule has 20 heavy (non-hydrogen) atoms. The highest BCUT2D eigenvalue weighted by molar-refractivity contribution is 7.10. The molecule has 8 heteroatoms. The minimum Gasteiger partial charge on any atom is -0.356 e. The van der Waals surface area contributed by atoms with E-state index in [-0.39, 0.29) is 28.7 Å². The molecule has 0 bridgehead atoms. The molecule has 0 aliphatic carbocycles. The van der Waals surface area contributed by atoms with Gasteiger partial charge in [0.25, 0.3) is 0 Å². The molecule has 0 aromatic carbocycles. The lowest BCUT2D eigenvalue weighted by Gasteiger charge is -2.21. The summed E-state index contributed by atoms with van der Waals surface area (Å²) in [6.07, 6.45) is 1.11. The maximum Gasteiger partial charge on any atom is 0.329 e. The zero-order chi connectivity index (χ0) is 14.7. The standard InChI is InChI=1S/C12H13ClN4O2S/c1-7(2)10(9-4-3-5-20-9)15-11-8(17(18)19)6-14-12(13)16-11/h3-7,10H,1-2H3,(H,14,15,16). The van der Waals surface area contributed by atoms with Crippen LogP contribution in [0.15, 0.2) is 23.7 Å². The summed E-state index contributed by atoms with van der Waals surface area (Å²) in [6.45, 7) is 4.07. The number of nitro groups is 1. The van der Waals surface area contributed by atoms with Crippen LogP contribution in [0.2, 0.25) is 5.28 Å². The Kier molecular flexibility index (Phi) is 4.51. The average Bonchev–Trinajstić information content (AvgIpc) is 2.88. The molecule has 1 atom stereocenters. The normalized spacial score (nSPS) is 12.4. The van der Waals surface area contributed by atoms with Crippen LogP contribution < -0.4 is 5.32 Å². The van der Waals surface area contributed by atoms with Gasteiger partial charge in [-0.05, 0) is 29.0 Å². The Labute approximate surface area is 125 Å². The van der Waals surface area contributed by atoms with Gasteiger partial charge in [-0.25, -0.2) is 4.98 Å². The summed E-state index contributed by atoms with van der Waals surface area (Å²) in [5.74, 6) is 0.379. The zero-order valence-electron chi connectivity index (χ0n) is 10.9. The SMILES string of the molecule is CC(C)C(Nc1nc(Cl)ncc1[N+](=O)[O-])c1cccs1. The minimum atomic E-state index is -0.523. The predicted molar refractivity (Wildman–Crippen MR) is 79.2 cm³/mol. The van der Waals surface area contributed by atoms with Crippen LogP contribution in [0.25, 0.3) is 0 Å². The van der Waals surface area contributed by atoms with E-state index in [2.05, 4.69) is 15.3 Å². The first kappa shape index (κ1) is 14.7. The monoisotopic (exact) mass is 312 g/mol. The smallest absolute Gasteiger partial charge is 0.329 e. The van der Waals surface area contributed by atoms with Crippen LogP contribution in [-0.4, -0.2) is 14.9 Å². The fraction of sp³-hybridized carbons (Fsp3) is 0.333. The third kappa shape index (κ3) is 3.23. The second kappa shape index (κ2) is 6.15. The first-order valence-electron chi connectivity index (χ1n) is 5.96. The second-order valence-corrected chi connectivity index (χ2v) is 5.83. The lowest BCUT2D eigenvalue weighted by Crippen LogP contribution is -2.17. The average molecular weight is 313 g/mol. The van der Waals surface area contributed by atoms with E-state index in [1.165, 1.54) is 0 Å². The van der Waals surface area contributed by atoms with Gasteiger partial charge in [-0.3, -0.25) is 10.1 Å². The number of nitrogens with zero attached hydrogens (tertiary/aromatic N) is 3. The van der Waals surface area contributed by atoms with E-state index in [4.69, 9.17) is 11.6 Å². The summed E-state index contributed by atoms with van der Waals surface area (Å²) in [6, 6.07) is 3.86. The van der Waals surface area contributed by atoms with Crippen molar-refractivity contribution in [3.05, 3.63) is 44.0 Å². The van der Waals surface area contributed by atoms with Crippen molar-refractivity contribution in [3.8, 4) is 0 Å². The van der Waals surface area contributed by atoms with Crippen LogP contribution in [0.5, 0.6) is 0 Å². The van der Waals surface area contributed by atoms with Crippen LogP contribution in [0.1, 0.15) is 24.8 Å². The van der Waals surface area contributed by atoms with E-state index >= 15 is 0 Å². The van der Waals surface area contributed by atoms with Gasteiger partial charge in [0.1, 0.15) is 6.20 Å². The highest BCUT2D eigenvalue weighted by atomic mass is 35.5. The molecule has 2 rings (SSSR count). The van der Waals surface area contributed by atoms with Gasteiger partial charge in [-0.15, -0.1) is 11.3 Å². The Morgan fingerprint density at radius 1 is 1.50 bits per heavy atom. The summed E-state index contributed by atoms with van der Waals surface area (Å²) in [5, 5.41) is 16.1. The van der Waals surface area contributed by atoms with Crippen molar-refractivity contribution in [1.82, 2.24) is 9.97 Å². The molecule has 2 heterocycles. The number of thiophene rings is 1. The highest BCUT2D eigenvalue weighted by Crippen LogP contribution is 2.32. The highest BCUT2D eigenvalue weighted by Gasteiger charge is 2.23. The number of halogens is 1. The molecule has 0 amide bonds. The van der Waals surface area contributed by atoms with Crippen LogP contribution in [0.4, 0.5) is 11.5 Å². The Morgan fingerprint density at radius 2 is 2.25 bits per heavy atom. The molecule has 0 aliphatic rings. The Hall–Kier alpha value is -1.73. The maximum absolute atomic E-state index is 11.0. The molecule has 6 nitrogen and oxygen atoms in total. The Morgan fingerprint density at radius 3 is 2.80 bits per heavy atom. The van der Waals surface area contributed by atoms with Crippen molar-refractivity contribution < 1.29 is 4.92 Å². The topological polar surface area (TPSA) is 81.0 Å². The van der Waals surface area contributed by atoms with E-state index in [0.717, 1.165) is 11.1 Å². The van der Waals surface area contributed by atoms with Crippen molar-refractivity contribution in [2.24, 2.45) is 5.92 Å². The number of aromatic nitrogens is 2. The van der Waals surface area contributed by atoms with Gasteiger partial charge in [-0.1, -0.05) is 19.9 Å². The molecule has 1 N–H and O–H groups in total. The van der Waals surface area contributed by atoms with E-state index in [1.807, 2.05) is 31.4 Å². The molecule has 0 saturated heterocycles. The molecule has 0 spiro atoms. The first-order valence-corrected chi connectivity index (χ1v) is 7.21. The number of nitrogens with one attached hydrogen (secondary N) is 1. The largest absolute Gasteiger partial charge is 0.356 e. The predicted octanol–water partition coefficient (Wildman–Crippen LogP) is 3.91. The second-order valence-electron chi connectivity index (χ2n) is 4.51. The van der Waals surface area contributed by atoms with E-state index < -0.39 is 4.92 Å². The molecule has 0 aliphatic heterocycles. The van der Waals surface area contributed by atoms with Crippen molar-refractivity contribution >= 4 is 34.4 Å². The third-order valence-electron chi connectivity index (χ3n) is 2.75. The fourth-order valence-electron chi connectivity index (χ4n) is 1.78. The summed E-state index contributed by atoms with van der Waals surface area (Å²) in [5.41, 5.74) is -0.184. The number of hydrogen-bond acceptors (Lipinski definition) is 6. The molecular weight excluding hydrogens is 300 g/mol. The summed E-state index contributed by atoms with van der Waals surface area (Å²) >= 11 is 7.32. The Bertz CT molecular complexity index is 604. The quantitative estimate of drug-likeness (QED) is 0.514. The maximum atomic E-state index is 11.0. The van der Waals surface area contributed by atoms with Crippen LogP contribution >= 0.6 is 22.9 Å². The van der Waals surface area contributed by atoms with Gasteiger partial charge in [-0.2, -0.15) is 4.98 Å². The lowest BCUT2D eigenvalue weighted by molar-refractivity contribution is -0.384. The summed E-state index contributed by atoms with van der Waals surface area (Å²) in [7, 11) is 0. The minimum absolute atomic E-state index is 0.0215. The van der Waals surface area contributed by atoms with Gasteiger partial charge < -0.3 is 5.32 Å². The molecule has 106 valence electrons. The molecular formula is C12H13ClN4O2S. The third-order valence-corrected chi connectivity index (χ3v) is 3.88. The van der Waals surface area contributed by atoms with Crippen LogP contribution in [0.3, 0.4) is 0 Å². The lowest BCUT2D eigenvalue weighted by atomic mass is 10.0. The van der Waals surface area contributed by atoms with Gasteiger partial charge >= 0.3 is 5.69 Å². The zero-order valence-corrected chi connectivity index (χ0v) is 12.5. The molecule has 2 aromatic heterocycles. The number of anilines is 1. The summed E-state index contributed by atoms with van der Waals surface area (Å²) < 4.78 is 0. The van der Waals surface area contributed by atoms with E-state index in [0.29, 0.717) is 0 Å². The summed E-state index contributed by atoms with van der Waals surface area (Å²) in [4.78, 5) is 19.2. The van der Waals surface area contributed by atoms with Crippen molar-refractivity contribution in [3.63, 3.8) is 0 Å². The van der Waals surface area contributed by atoms with Gasteiger partial charge in [0.05, 0.1) is 11.0 Å². The molecule has 0 fully saturated rings. The molecule has 0 saturated carbocycles. The van der Waals surface area contributed by atoms with Gasteiger partial charge in [0.15, 0.2) is 0 Å². The number of rotatable bonds is 5. The molecule has 0 radical (unpaired) electrons. The first-order chi connectivity index (χ1) is 9.49. The van der Waals surface area contributed by atoms with E-state index in [9.17, 15) is 10.1 Å².